The number of ketones is 1. The molecule has 5 rings (SSSR count). The highest BCUT2D eigenvalue weighted by atomic mass is 16.5. The van der Waals surface area contributed by atoms with Crippen LogP contribution in [-0.4, -0.2) is 44.0 Å². The first-order valence-corrected chi connectivity index (χ1v) is 12.1. The average molecular weight is 478 g/mol. The minimum absolute atomic E-state index is 0.0189. The van der Waals surface area contributed by atoms with Crippen molar-refractivity contribution in [1.29, 1.82) is 0 Å². The topological polar surface area (TPSA) is 74.3 Å². The molecule has 2 aromatic carbocycles. The zero-order valence-electron chi connectivity index (χ0n) is 20.6. The van der Waals surface area contributed by atoms with E-state index >= 15 is 0 Å². The van der Waals surface area contributed by atoms with Gasteiger partial charge in [-0.3, -0.25) is 9.59 Å². The van der Waals surface area contributed by atoms with Gasteiger partial charge in [-0.05, 0) is 48.4 Å². The molecule has 1 amide bonds. The summed E-state index contributed by atoms with van der Waals surface area (Å²) < 4.78 is 23.0. The normalized spacial score (nSPS) is 25.7. The zero-order chi connectivity index (χ0) is 24.7. The number of hydrogen-bond donors (Lipinski definition) is 0. The third kappa shape index (κ3) is 3.93. The summed E-state index contributed by atoms with van der Waals surface area (Å²) in [6, 6.07) is 12.8. The summed E-state index contributed by atoms with van der Waals surface area (Å²) in [6.07, 6.45) is 2.32. The number of nitrogens with zero attached hydrogens (tertiary/aromatic N) is 1. The third-order valence-electron chi connectivity index (χ3n) is 7.40. The molecule has 7 heteroatoms. The van der Waals surface area contributed by atoms with Gasteiger partial charge in [-0.25, -0.2) is 0 Å². The zero-order valence-corrected chi connectivity index (χ0v) is 20.6. The Labute approximate surface area is 205 Å². The second kappa shape index (κ2) is 9.29. The summed E-state index contributed by atoms with van der Waals surface area (Å²) in [5.41, 5.74) is 2.13. The maximum atomic E-state index is 13.9. The summed E-state index contributed by atoms with van der Waals surface area (Å²) in [5, 5.41) is 0. The first-order chi connectivity index (χ1) is 17.0. The van der Waals surface area contributed by atoms with Gasteiger partial charge in [0.2, 0.25) is 5.75 Å². The van der Waals surface area contributed by atoms with Crippen LogP contribution >= 0.6 is 0 Å². The largest absolute Gasteiger partial charge is 0.493 e. The molecule has 1 fully saturated rings. The van der Waals surface area contributed by atoms with Crippen LogP contribution in [-0.2, 0) is 20.9 Å². The molecule has 2 aromatic rings. The van der Waals surface area contributed by atoms with Gasteiger partial charge >= 0.3 is 0 Å². The fourth-order valence-corrected chi connectivity index (χ4v) is 5.67. The Morgan fingerprint density at radius 3 is 2.29 bits per heavy atom. The SMILES string of the molecule is COc1cc(C2C3=C(OC4CCC(C)CC4C3=O)C(=O)N2Cc2ccccc2)cc(OC)c1OC. The number of carbonyl (C=O) groups excluding carboxylic acids is 2. The number of methoxy groups -OCH3 is 3. The highest BCUT2D eigenvalue weighted by molar-refractivity contribution is 6.11. The first-order valence-electron chi connectivity index (χ1n) is 12.1. The molecular formula is C28H31NO6. The van der Waals surface area contributed by atoms with Gasteiger partial charge in [0.05, 0.1) is 38.9 Å². The lowest BCUT2D eigenvalue weighted by Gasteiger charge is -2.37. The van der Waals surface area contributed by atoms with Gasteiger partial charge in [-0.1, -0.05) is 37.3 Å². The van der Waals surface area contributed by atoms with Crippen molar-refractivity contribution in [2.24, 2.45) is 11.8 Å². The van der Waals surface area contributed by atoms with Gasteiger partial charge in [-0.2, -0.15) is 0 Å². The van der Waals surface area contributed by atoms with E-state index < -0.39 is 6.04 Å². The van der Waals surface area contributed by atoms with Crippen LogP contribution in [0.5, 0.6) is 17.2 Å². The second-order valence-electron chi connectivity index (χ2n) is 9.57. The maximum absolute atomic E-state index is 13.9. The van der Waals surface area contributed by atoms with Crippen LogP contribution < -0.4 is 14.2 Å². The molecule has 0 bridgehead atoms. The van der Waals surface area contributed by atoms with Crippen molar-refractivity contribution in [1.82, 2.24) is 4.90 Å². The van der Waals surface area contributed by atoms with Crippen LogP contribution in [0.3, 0.4) is 0 Å². The highest BCUT2D eigenvalue weighted by Gasteiger charge is 2.52. The van der Waals surface area contributed by atoms with Crippen LogP contribution in [0.2, 0.25) is 0 Å². The summed E-state index contributed by atoms with van der Waals surface area (Å²) in [5.74, 6) is 1.57. The molecule has 4 atom stereocenters. The van der Waals surface area contributed by atoms with Crippen molar-refractivity contribution < 1.29 is 28.5 Å². The Hall–Kier alpha value is -3.48. The molecule has 7 nitrogen and oxygen atoms in total. The Bertz CT molecular complexity index is 1150. The minimum Gasteiger partial charge on any atom is -0.493 e. The minimum atomic E-state index is -0.614. The van der Waals surface area contributed by atoms with Crippen LogP contribution in [0.25, 0.3) is 0 Å². The summed E-state index contributed by atoms with van der Waals surface area (Å²) in [4.78, 5) is 29.4. The number of fused-ring (bicyclic) bond motifs is 1. The van der Waals surface area contributed by atoms with E-state index in [2.05, 4.69) is 6.92 Å². The Kier molecular flexibility index (Phi) is 6.17. The molecule has 1 saturated carbocycles. The van der Waals surface area contributed by atoms with E-state index in [1.54, 1.807) is 26.2 Å². The second-order valence-corrected chi connectivity index (χ2v) is 9.57. The van der Waals surface area contributed by atoms with Crippen molar-refractivity contribution in [2.75, 3.05) is 21.3 Å². The quantitative estimate of drug-likeness (QED) is 0.612. The van der Waals surface area contributed by atoms with Crippen LogP contribution in [0, 0.1) is 11.8 Å². The highest BCUT2D eigenvalue weighted by Crippen LogP contribution is 2.50. The van der Waals surface area contributed by atoms with Gasteiger partial charge in [0.15, 0.2) is 23.0 Å². The Balaban J connectivity index is 1.64. The molecule has 3 aliphatic rings. The monoisotopic (exact) mass is 477 g/mol. The lowest BCUT2D eigenvalue weighted by molar-refractivity contribution is -0.136. The molecule has 0 saturated heterocycles. The van der Waals surface area contributed by atoms with Crippen LogP contribution in [0.1, 0.15) is 43.4 Å². The number of amides is 1. The lowest BCUT2D eigenvalue weighted by Crippen LogP contribution is -2.41. The van der Waals surface area contributed by atoms with E-state index in [9.17, 15) is 9.59 Å². The number of ether oxygens (including phenoxy) is 4. The predicted octanol–water partition coefficient (Wildman–Crippen LogP) is 4.45. The molecule has 35 heavy (non-hydrogen) atoms. The number of hydrogen-bond acceptors (Lipinski definition) is 6. The van der Waals surface area contributed by atoms with Crippen molar-refractivity contribution in [3.05, 3.63) is 64.9 Å². The molecule has 0 aromatic heterocycles. The molecule has 2 aliphatic heterocycles. The van der Waals surface area contributed by atoms with Gasteiger partial charge in [0, 0.05) is 6.54 Å². The number of benzene rings is 2. The van der Waals surface area contributed by atoms with E-state index in [-0.39, 0.29) is 29.5 Å². The van der Waals surface area contributed by atoms with Crippen molar-refractivity contribution in [3.8, 4) is 17.2 Å². The standard InChI is InChI=1S/C28H31NO6/c1-16-10-11-20-19(12-16)25(30)23-24(18-13-21(32-2)26(34-4)22(14-18)33-3)29(28(31)27(23)35-20)15-17-8-6-5-7-9-17/h5-9,13-14,16,19-20,24H,10-12,15H2,1-4H3. The van der Waals surface area contributed by atoms with E-state index in [1.807, 2.05) is 42.5 Å². The van der Waals surface area contributed by atoms with E-state index in [0.29, 0.717) is 40.8 Å². The average Bonchev–Trinajstić information content (AvgIpc) is 3.15. The third-order valence-corrected chi connectivity index (χ3v) is 7.40. The summed E-state index contributed by atoms with van der Waals surface area (Å²) in [7, 11) is 4.65. The van der Waals surface area contributed by atoms with Gasteiger partial charge in [-0.15, -0.1) is 0 Å². The predicted molar refractivity (Wildman–Crippen MR) is 129 cm³/mol. The fraction of sp³-hybridized carbons (Fsp3) is 0.429. The van der Waals surface area contributed by atoms with Crippen LogP contribution in [0.4, 0.5) is 0 Å². The van der Waals surface area contributed by atoms with E-state index in [4.69, 9.17) is 18.9 Å². The smallest absolute Gasteiger partial charge is 0.290 e. The fourth-order valence-electron chi connectivity index (χ4n) is 5.67. The van der Waals surface area contributed by atoms with Crippen molar-refractivity contribution >= 4 is 11.7 Å². The summed E-state index contributed by atoms with van der Waals surface area (Å²) >= 11 is 0. The molecule has 0 radical (unpaired) electrons. The molecule has 2 heterocycles. The molecule has 0 spiro atoms. The number of Topliss-reactive ketones (excluding diaryl/α,β-unsaturated/α-hetero) is 1. The summed E-state index contributed by atoms with van der Waals surface area (Å²) in [6.45, 7) is 2.52. The van der Waals surface area contributed by atoms with Crippen molar-refractivity contribution in [2.45, 2.75) is 44.9 Å². The maximum Gasteiger partial charge on any atom is 0.290 e. The molecule has 4 unspecified atom stereocenters. The van der Waals surface area contributed by atoms with Gasteiger partial charge in [0.25, 0.3) is 5.91 Å². The molecule has 184 valence electrons. The number of carbonyl (C=O) groups is 2. The lowest BCUT2D eigenvalue weighted by atomic mass is 9.74. The van der Waals surface area contributed by atoms with Gasteiger partial charge < -0.3 is 23.8 Å². The van der Waals surface area contributed by atoms with E-state index in [0.717, 1.165) is 24.8 Å². The van der Waals surface area contributed by atoms with Crippen LogP contribution in [0.15, 0.2) is 53.8 Å². The van der Waals surface area contributed by atoms with Gasteiger partial charge in [0.1, 0.15) is 6.10 Å². The Morgan fingerprint density at radius 1 is 0.971 bits per heavy atom. The van der Waals surface area contributed by atoms with Crippen molar-refractivity contribution in [3.63, 3.8) is 0 Å². The number of rotatable bonds is 6. The molecule has 1 aliphatic carbocycles. The molecular weight excluding hydrogens is 446 g/mol. The molecule has 0 N–H and O–H groups in total. The first kappa shape index (κ1) is 23.3. The van der Waals surface area contributed by atoms with E-state index in [1.165, 1.54) is 0 Å². The Morgan fingerprint density at radius 2 is 1.66 bits per heavy atom.